The SMILES string of the molecule is CC[C@H]1O[C@H](C2C=CC(N)=NC2=O)CC1O[Si](C)(C)C(C)(C)C. The van der Waals surface area contributed by atoms with Gasteiger partial charge in [0, 0.05) is 6.42 Å². The summed E-state index contributed by atoms with van der Waals surface area (Å²) in [5.41, 5.74) is 5.58. The Bertz CT molecular complexity index is 522. The Morgan fingerprint density at radius 3 is 2.61 bits per heavy atom. The number of ether oxygens (including phenoxy) is 1. The van der Waals surface area contributed by atoms with Gasteiger partial charge in [0.1, 0.15) is 5.84 Å². The first-order valence-corrected chi connectivity index (χ1v) is 11.4. The molecule has 0 spiro atoms. The van der Waals surface area contributed by atoms with Crippen LogP contribution in [0.2, 0.25) is 18.1 Å². The molecule has 2 rings (SSSR count). The fourth-order valence-electron chi connectivity index (χ4n) is 2.82. The van der Waals surface area contributed by atoms with Crippen molar-refractivity contribution in [1.82, 2.24) is 0 Å². The lowest BCUT2D eigenvalue weighted by Crippen LogP contribution is -2.45. The molecule has 2 aliphatic rings. The van der Waals surface area contributed by atoms with Crippen LogP contribution in [0.4, 0.5) is 0 Å². The van der Waals surface area contributed by atoms with Crippen molar-refractivity contribution in [2.75, 3.05) is 0 Å². The molecule has 130 valence electrons. The molecule has 0 aliphatic carbocycles. The van der Waals surface area contributed by atoms with E-state index in [0.29, 0.717) is 0 Å². The van der Waals surface area contributed by atoms with Gasteiger partial charge in [0.25, 0.3) is 5.91 Å². The van der Waals surface area contributed by atoms with E-state index >= 15 is 0 Å². The van der Waals surface area contributed by atoms with Gasteiger partial charge in [-0.05, 0) is 30.6 Å². The molecule has 2 aliphatic heterocycles. The average molecular weight is 339 g/mol. The summed E-state index contributed by atoms with van der Waals surface area (Å²) in [4.78, 5) is 16.0. The zero-order valence-corrected chi connectivity index (χ0v) is 16.1. The average Bonchev–Trinajstić information content (AvgIpc) is 2.79. The van der Waals surface area contributed by atoms with E-state index in [1.54, 1.807) is 6.08 Å². The highest BCUT2D eigenvalue weighted by Crippen LogP contribution is 2.41. The van der Waals surface area contributed by atoms with E-state index in [9.17, 15) is 4.79 Å². The van der Waals surface area contributed by atoms with E-state index in [0.717, 1.165) is 12.8 Å². The normalized spacial score (nSPS) is 32.3. The van der Waals surface area contributed by atoms with Crippen LogP contribution in [0.25, 0.3) is 0 Å². The molecule has 5 nitrogen and oxygen atoms in total. The molecule has 2 heterocycles. The monoisotopic (exact) mass is 338 g/mol. The van der Waals surface area contributed by atoms with Crippen molar-refractivity contribution in [2.45, 2.75) is 77.0 Å². The Labute approximate surface area is 140 Å². The fraction of sp³-hybridized carbons (Fsp3) is 0.765. The predicted molar refractivity (Wildman–Crippen MR) is 94.9 cm³/mol. The molecule has 23 heavy (non-hydrogen) atoms. The topological polar surface area (TPSA) is 73.9 Å². The first kappa shape index (κ1) is 18.4. The molecule has 0 aromatic carbocycles. The summed E-state index contributed by atoms with van der Waals surface area (Å²) in [7, 11) is -1.87. The van der Waals surface area contributed by atoms with Crippen molar-refractivity contribution in [3.8, 4) is 0 Å². The summed E-state index contributed by atoms with van der Waals surface area (Å²) in [5, 5.41) is 0.155. The summed E-state index contributed by atoms with van der Waals surface area (Å²) in [6.45, 7) is 13.3. The second kappa shape index (κ2) is 6.49. The standard InChI is InChI=1S/C17H30N2O3Si/c1-7-12-14(22-23(5,6)17(2,3)4)10-13(21-12)11-8-9-15(18)19-16(11)20/h8-9,11-14H,7,10H2,1-6H3,(H2,18,19,20)/t11?,12-,13+,14?/m1/s1. The minimum absolute atomic E-state index is 0.0404. The highest BCUT2D eigenvalue weighted by molar-refractivity contribution is 6.74. The lowest BCUT2D eigenvalue weighted by molar-refractivity contribution is -0.124. The lowest BCUT2D eigenvalue weighted by Gasteiger charge is -2.39. The van der Waals surface area contributed by atoms with E-state index in [2.05, 4.69) is 45.8 Å². The zero-order valence-electron chi connectivity index (χ0n) is 15.1. The van der Waals surface area contributed by atoms with Gasteiger partial charge in [-0.2, -0.15) is 4.99 Å². The Balaban J connectivity index is 2.09. The summed E-state index contributed by atoms with van der Waals surface area (Å²) < 4.78 is 12.7. The van der Waals surface area contributed by atoms with Gasteiger partial charge in [-0.1, -0.05) is 33.8 Å². The van der Waals surface area contributed by atoms with Crippen LogP contribution in [0.1, 0.15) is 40.5 Å². The minimum Gasteiger partial charge on any atom is -0.411 e. The van der Waals surface area contributed by atoms with Gasteiger partial charge in [0.15, 0.2) is 8.32 Å². The molecule has 4 atom stereocenters. The van der Waals surface area contributed by atoms with Gasteiger partial charge < -0.3 is 14.9 Å². The van der Waals surface area contributed by atoms with Crippen LogP contribution in [0.15, 0.2) is 17.1 Å². The molecule has 0 aromatic heterocycles. The van der Waals surface area contributed by atoms with E-state index in [4.69, 9.17) is 14.9 Å². The third-order valence-corrected chi connectivity index (χ3v) is 9.79. The van der Waals surface area contributed by atoms with E-state index < -0.39 is 8.32 Å². The maximum absolute atomic E-state index is 12.1. The van der Waals surface area contributed by atoms with Crippen molar-refractivity contribution in [2.24, 2.45) is 16.6 Å². The van der Waals surface area contributed by atoms with Crippen molar-refractivity contribution in [1.29, 1.82) is 0 Å². The molecular formula is C17H30N2O3Si. The smallest absolute Gasteiger partial charge is 0.257 e. The number of dihydropyridines is 1. The second-order valence-corrected chi connectivity index (χ2v) is 12.8. The van der Waals surface area contributed by atoms with Crippen molar-refractivity contribution >= 4 is 20.1 Å². The molecule has 1 saturated heterocycles. The van der Waals surface area contributed by atoms with Crippen molar-refractivity contribution in [3.63, 3.8) is 0 Å². The Hall–Kier alpha value is -0.983. The fourth-order valence-corrected chi connectivity index (χ4v) is 4.18. The Kier molecular flexibility index (Phi) is 5.18. The van der Waals surface area contributed by atoms with Crippen LogP contribution in [-0.2, 0) is 14.0 Å². The second-order valence-electron chi connectivity index (χ2n) is 8.03. The molecule has 2 unspecified atom stereocenters. The number of hydrogen-bond acceptors (Lipinski definition) is 4. The molecule has 0 radical (unpaired) electrons. The molecule has 1 amide bonds. The van der Waals surface area contributed by atoms with Crippen molar-refractivity contribution < 1.29 is 14.0 Å². The van der Waals surface area contributed by atoms with Gasteiger partial charge in [-0.25, -0.2) is 0 Å². The number of nitrogens with zero attached hydrogens (tertiary/aromatic N) is 1. The largest absolute Gasteiger partial charge is 0.411 e. The highest BCUT2D eigenvalue weighted by Gasteiger charge is 2.46. The summed E-state index contributed by atoms with van der Waals surface area (Å²) >= 11 is 0. The number of aliphatic imine (C=N–C) groups is 1. The van der Waals surface area contributed by atoms with Crippen LogP contribution in [0.3, 0.4) is 0 Å². The summed E-state index contributed by atoms with van der Waals surface area (Å²) in [5.74, 6) is -0.285. The zero-order chi connectivity index (χ0) is 17.4. The van der Waals surface area contributed by atoms with Gasteiger partial charge in [0.05, 0.1) is 24.2 Å². The number of carbonyl (C=O) groups is 1. The number of rotatable bonds is 4. The molecule has 0 saturated carbocycles. The predicted octanol–water partition coefficient (Wildman–Crippen LogP) is 3.01. The van der Waals surface area contributed by atoms with Gasteiger partial charge in [-0.3, -0.25) is 4.79 Å². The first-order chi connectivity index (χ1) is 10.5. The van der Waals surface area contributed by atoms with Crippen molar-refractivity contribution in [3.05, 3.63) is 12.2 Å². The molecular weight excluding hydrogens is 308 g/mol. The van der Waals surface area contributed by atoms with Gasteiger partial charge in [-0.15, -0.1) is 0 Å². The maximum atomic E-state index is 12.1. The van der Waals surface area contributed by atoms with Gasteiger partial charge in [0.2, 0.25) is 0 Å². The molecule has 0 bridgehead atoms. The summed E-state index contributed by atoms with van der Waals surface area (Å²) in [6, 6.07) is 0. The quantitative estimate of drug-likeness (QED) is 0.800. The Morgan fingerprint density at radius 1 is 1.43 bits per heavy atom. The third-order valence-electron chi connectivity index (χ3n) is 5.28. The maximum Gasteiger partial charge on any atom is 0.257 e. The molecule has 1 fully saturated rings. The number of carbonyl (C=O) groups excluding carboxylic acids is 1. The van der Waals surface area contributed by atoms with E-state index in [1.807, 2.05) is 6.08 Å². The van der Waals surface area contributed by atoms with Crippen LogP contribution in [0, 0.1) is 5.92 Å². The highest BCUT2D eigenvalue weighted by atomic mass is 28.4. The van der Waals surface area contributed by atoms with E-state index in [-0.39, 0.29) is 41.0 Å². The molecule has 0 aromatic rings. The van der Waals surface area contributed by atoms with Crippen LogP contribution in [-0.4, -0.2) is 38.4 Å². The third kappa shape index (κ3) is 3.92. The van der Waals surface area contributed by atoms with Gasteiger partial charge >= 0.3 is 0 Å². The Morgan fingerprint density at radius 2 is 2.09 bits per heavy atom. The van der Waals surface area contributed by atoms with E-state index in [1.165, 1.54) is 0 Å². The number of nitrogens with two attached hydrogens (primary N) is 1. The van der Waals surface area contributed by atoms with Crippen LogP contribution >= 0.6 is 0 Å². The lowest BCUT2D eigenvalue weighted by atomic mass is 9.96. The first-order valence-electron chi connectivity index (χ1n) is 8.44. The van der Waals surface area contributed by atoms with Crippen LogP contribution in [0.5, 0.6) is 0 Å². The van der Waals surface area contributed by atoms with Crippen LogP contribution < -0.4 is 5.73 Å². The number of hydrogen-bond donors (Lipinski definition) is 1. The minimum atomic E-state index is -1.87. The molecule has 2 N–H and O–H groups in total. The molecule has 6 heteroatoms. The summed E-state index contributed by atoms with van der Waals surface area (Å²) in [6.07, 6.45) is 5.05. The number of amides is 1. The number of amidine groups is 1.